The van der Waals surface area contributed by atoms with E-state index < -0.39 is 5.97 Å². The standard InChI is InChI=1S/C13H17NO4S/c15-9-4-2-1-3-8(9)7-14-12(16)10-5-6-11(19-10)13(17)18/h5-6,8-9,15H,1-4,7H2,(H,14,16)(H,17,18)/t8-,9-/m0/s1. The molecule has 0 radical (unpaired) electrons. The predicted molar refractivity (Wildman–Crippen MR) is 71.6 cm³/mol. The van der Waals surface area contributed by atoms with Gasteiger partial charge in [0.2, 0.25) is 0 Å². The van der Waals surface area contributed by atoms with E-state index in [4.69, 9.17) is 5.11 Å². The van der Waals surface area contributed by atoms with Crippen LogP contribution >= 0.6 is 11.3 Å². The first-order valence-corrected chi connectivity index (χ1v) is 7.19. The van der Waals surface area contributed by atoms with E-state index in [1.165, 1.54) is 12.1 Å². The Bertz CT molecular complexity index is 471. The summed E-state index contributed by atoms with van der Waals surface area (Å²) in [5, 5.41) is 21.4. The summed E-state index contributed by atoms with van der Waals surface area (Å²) in [5.41, 5.74) is 0. The molecular weight excluding hydrogens is 266 g/mol. The number of carboxylic acid groups (broad SMARTS) is 1. The number of hydrogen-bond donors (Lipinski definition) is 3. The van der Waals surface area contributed by atoms with Gasteiger partial charge >= 0.3 is 5.97 Å². The van der Waals surface area contributed by atoms with Crippen LogP contribution in [0.3, 0.4) is 0 Å². The van der Waals surface area contributed by atoms with Crippen molar-refractivity contribution in [1.82, 2.24) is 5.32 Å². The summed E-state index contributed by atoms with van der Waals surface area (Å²) in [6.45, 7) is 0.445. The minimum absolute atomic E-state index is 0.108. The number of carbonyl (C=O) groups is 2. The Labute approximate surface area is 115 Å². The molecular formula is C13H17NO4S. The van der Waals surface area contributed by atoms with Crippen molar-refractivity contribution in [3.05, 3.63) is 21.9 Å². The van der Waals surface area contributed by atoms with Gasteiger partial charge in [-0.1, -0.05) is 12.8 Å². The molecule has 0 bridgehead atoms. The molecule has 1 aromatic heterocycles. The van der Waals surface area contributed by atoms with Crippen LogP contribution in [0.1, 0.15) is 45.0 Å². The Morgan fingerprint density at radius 3 is 2.58 bits per heavy atom. The molecule has 1 aliphatic rings. The molecule has 5 nitrogen and oxygen atoms in total. The first kappa shape index (κ1) is 14.0. The number of aliphatic hydroxyl groups excluding tert-OH is 1. The summed E-state index contributed by atoms with van der Waals surface area (Å²) in [5.74, 6) is -1.18. The molecule has 0 aliphatic heterocycles. The Kier molecular flexibility index (Phi) is 4.55. The normalized spacial score (nSPS) is 23.0. The Balaban J connectivity index is 1.88. The fourth-order valence-electron chi connectivity index (χ4n) is 2.31. The molecule has 1 aliphatic carbocycles. The van der Waals surface area contributed by atoms with E-state index in [0.717, 1.165) is 37.0 Å². The number of thiophene rings is 1. The second-order valence-electron chi connectivity index (χ2n) is 4.79. The van der Waals surface area contributed by atoms with Crippen LogP contribution in [0.2, 0.25) is 0 Å². The highest BCUT2D eigenvalue weighted by Gasteiger charge is 2.23. The summed E-state index contributed by atoms with van der Waals surface area (Å²) in [6, 6.07) is 2.94. The summed E-state index contributed by atoms with van der Waals surface area (Å²) < 4.78 is 0. The smallest absolute Gasteiger partial charge is 0.345 e. The largest absolute Gasteiger partial charge is 0.477 e. The van der Waals surface area contributed by atoms with Crippen molar-refractivity contribution >= 4 is 23.2 Å². The third-order valence-electron chi connectivity index (χ3n) is 3.43. The van der Waals surface area contributed by atoms with Gasteiger partial charge in [-0.25, -0.2) is 4.79 Å². The fraction of sp³-hybridized carbons (Fsp3) is 0.538. The van der Waals surface area contributed by atoms with Crippen LogP contribution in [0, 0.1) is 5.92 Å². The zero-order valence-electron chi connectivity index (χ0n) is 10.5. The molecule has 3 N–H and O–H groups in total. The SMILES string of the molecule is O=C(O)c1ccc(C(=O)NC[C@@H]2CCCC[C@@H]2O)s1. The number of aliphatic hydroxyl groups is 1. The summed E-state index contributed by atoms with van der Waals surface area (Å²) in [7, 11) is 0. The van der Waals surface area contributed by atoms with E-state index in [2.05, 4.69) is 5.32 Å². The highest BCUT2D eigenvalue weighted by atomic mass is 32.1. The summed E-state index contributed by atoms with van der Waals surface area (Å²) >= 11 is 0.962. The van der Waals surface area contributed by atoms with Crippen LogP contribution in [0.15, 0.2) is 12.1 Å². The zero-order valence-corrected chi connectivity index (χ0v) is 11.3. The van der Waals surface area contributed by atoms with Crippen molar-refractivity contribution in [3.63, 3.8) is 0 Å². The van der Waals surface area contributed by atoms with Crippen LogP contribution in [-0.2, 0) is 0 Å². The topological polar surface area (TPSA) is 86.6 Å². The lowest BCUT2D eigenvalue weighted by Gasteiger charge is -2.27. The van der Waals surface area contributed by atoms with Crippen molar-refractivity contribution in [2.24, 2.45) is 5.92 Å². The van der Waals surface area contributed by atoms with Gasteiger partial charge in [-0.2, -0.15) is 0 Å². The number of nitrogens with one attached hydrogen (secondary N) is 1. The van der Waals surface area contributed by atoms with Gasteiger partial charge in [-0.15, -0.1) is 11.3 Å². The predicted octanol–water partition coefficient (Wildman–Crippen LogP) is 1.73. The van der Waals surface area contributed by atoms with Crippen LogP contribution in [0.25, 0.3) is 0 Å². The molecule has 0 aromatic carbocycles. The van der Waals surface area contributed by atoms with Crippen molar-refractivity contribution in [2.75, 3.05) is 6.54 Å². The van der Waals surface area contributed by atoms with E-state index in [0.29, 0.717) is 11.4 Å². The minimum atomic E-state index is -1.02. The molecule has 6 heteroatoms. The molecule has 0 unspecified atom stereocenters. The average molecular weight is 283 g/mol. The summed E-state index contributed by atoms with van der Waals surface area (Å²) in [6.07, 6.45) is 3.50. The van der Waals surface area contributed by atoms with E-state index in [1.807, 2.05) is 0 Å². The maximum atomic E-state index is 11.9. The maximum Gasteiger partial charge on any atom is 0.345 e. The lowest BCUT2D eigenvalue weighted by Crippen LogP contribution is -2.36. The lowest BCUT2D eigenvalue weighted by molar-refractivity contribution is 0.0662. The second kappa shape index (κ2) is 6.16. The maximum absolute atomic E-state index is 11.9. The van der Waals surface area contributed by atoms with E-state index in [-0.39, 0.29) is 22.8 Å². The Hall–Kier alpha value is -1.40. The van der Waals surface area contributed by atoms with Crippen LogP contribution in [0.5, 0.6) is 0 Å². The third kappa shape index (κ3) is 3.54. The van der Waals surface area contributed by atoms with Gasteiger partial charge in [0.15, 0.2) is 0 Å². The molecule has 104 valence electrons. The molecule has 2 rings (SSSR count). The van der Waals surface area contributed by atoms with Gasteiger partial charge < -0.3 is 15.5 Å². The summed E-state index contributed by atoms with van der Waals surface area (Å²) in [4.78, 5) is 23.1. The zero-order chi connectivity index (χ0) is 13.8. The second-order valence-corrected chi connectivity index (χ2v) is 5.87. The van der Waals surface area contributed by atoms with E-state index >= 15 is 0 Å². The highest BCUT2D eigenvalue weighted by Crippen LogP contribution is 2.24. The third-order valence-corrected chi connectivity index (χ3v) is 4.51. The van der Waals surface area contributed by atoms with Crippen molar-refractivity contribution in [1.29, 1.82) is 0 Å². The van der Waals surface area contributed by atoms with Gasteiger partial charge in [-0.3, -0.25) is 4.79 Å². The van der Waals surface area contributed by atoms with Gasteiger partial charge in [0.25, 0.3) is 5.91 Å². The molecule has 19 heavy (non-hydrogen) atoms. The minimum Gasteiger partial charge on any atom is -0.477 e. The van der Waals surface area contributed by atoms with E-state index in [9.17, 15) is 14.7 Å². The quantitative estimate of drug-likeness (QED) is 0.785. The van der Waals surface area contributed by atoms with Gasteiger partial charge in [0.1, 0.15) is 4.88 Å². The lowest BCUT2D eigenvalue weighted by atomic mass is 9.86. The van der Waals surface area contributed by atoms with E-state index in [1.54, 1.807) is 0 Å². The number of carboxylic acids is 1. The number of carbonyl (C=O) groups excluding carboxylic acids is 1. The van der Waals surface area contributed by atoms with Crippen molar-refractivity contribution in [2.45, 2.75) is 31.8 Å². The molecule has 1 aromatic rings. The van der Waals surface area contributed by atoms with Crippen molar-refractivity contribution in [3.8, 4) is 0 Å². The number of aromatic carboxylic acids is 1. The highest BCUT2D eigenvalue weighted by molar-refractivity contribution is 7.15. The molecule has 2 atom stereocenters. The van der Waals surface area contributed by atoms with Crippen LogP contribution in [-0.4, -0.2) is 34.7 Å². The van der Waals surface area contributed by atoms with Crippen LogP contribution < -0.4 is 5.32 Å². The van der Waals surface area contributed by atoms with Crippen molar-refractivity contribution < 1.29 is 19.8 Å². The fourth-order valence-corrected chi connectivity index (χ4v) is 3.07. The molecule has 1 amide bonds. The molecule has 1 fully saturated rings. The number of rotatable bonds is 4. The molecule has 0 saturated heterocycles. The Morgan fingerprint density at radius 2 is 1.95 bits per heavy atom. The number of hydrogen-bond acceptors (Lipinski definition) is 4. The first-order valence-electron chi connectivity index (χ1n) is 6.37. The monoisotopic (exact) mass is 283 g/mol. The van der Waals surface area contributed by atoms with Crippen LogP contribution in [0.4, 0.5) is 0 Å². The van der Waals surface area contributed by atoms with Gasteiger partial charge in [0, 0.05) is 12.5 Å². The van der Waals surface area contributed by atoms with Gasteiger partial charge in [0.05, 0.1) is 11.0 Å². The molecule has 1 saturated carbocycles. The van der Waals surface area contributed by atoms with Gasteiger partial charge in [-0.05, 0) is 25.0 Å². The average Bonchev–Trinajstić information content (AvgIpc) is 2.87. The molecule has 0 spiro atoms. The Morgan fingerprint density at radius 1 is 1.26 bits per heavy atom. The number of amides is 1. The first-order chi connectivity index (χ1) is 9.08. The molecule has 1 heterocycles.